The lowest BCUT2D eigenvalue weighted by molar-refractivity contribution is -0.122. The molecule has 7 nitrogen and oxygen atoms in total. The van der Waals surface area contributed by atoms with Crippen LogP contribution < -0.4 is 5.32 Å². The first kappa shape index (κ1) is 17.1. The molecule has 0 aliphatic heterocycles. The molecule has 0 spiro atoms. The first-order valence-electron chi connectivity index (χ1n) is 8.50. The van der Waals surface area contributed by atoms with Crippen molar-refractivity contribution < 1.29 is 14.7 Å². The maximum absolute atomic E-state index is 12.2. The van der Waals surface area contributed by atoms with Crippen LogP contribution in [0.1, 0.15) is 41.7 Å². The molecule has 3 rings (SSSR count). The van der Waals surface area contributed by atoms with Gasteiger partial charge in [-0.25, -0.2) is 9.48 Å². The van der Waals surface area contributed by atoms with Crippen molar-refractivity contribution in [1.82, 2.24) is 20.3 Å². The van der Waals surface area contributed by atoms with E-state index in [4.69, 9.17) is 5.11 Å². The maximum atomic E-state index is 12.2. The van der Waals surface area contributed by atoms with Gasteiger partial charge in [-0.05, 0) is 30.2 Å². The zero-order valence-corrected chi connectivity index (χ0v) is 14.0. The summed E-state index contributed by atoms with van der Waals surface area (Å²) in [4.78, 5) is 23.0. The highest BCUT2D eigenvalue weighted by molar-refractivity contribution is 5.84. The minimum Gasteiger partial charge on any atom is -0.476 e. The predicted molar refractivity (Wildman–Crippen MR) is 91.0 cm³/mol. The number of nitrogens with zero attached hydrogens (tertiary/aromatic N) is 3. The summed E-state index contributed by atoms with van der Waals surface area (Å²) >= 11 is 0. The summed E-state index contributed by atoms with van der Waals surface area (Å²) in [5.41, 5.74) is 1.23. The number of hydrogen-bond donors (Lipinski definition) is 2. The largest absolute Gasteiger partial charge is 0.476 e. The van der Waals surface area contributed by atoms with Gasteiger partial charge in [-0.3, -0.25) is 4.79 Å². The Hall–Kier alpha value is -2.70. The second kappa shape index (κ2) is 7.46. The second-order valence-electron chi connectivity index (χ2n) is 6.75. The number of aromatic carboxylic acids is 1. The lowest BCUT2D eigenvalue weighted by Gasteiger charge is -2.29. The number of carbonyl (C=O) groups excluding carboxylic acids is 1. The summed E-state index contributed by atoms with van der Waals surface area (Å²) < 4.78 is 1.25. The van der Waals surface area contributed by atoms with Gasteiger partial charge in [0.1, 0.15) is 6.54 Å². The Kier molecular flexibility index (Phi) is 5.11. The van der Waals surface area contributed by atoms with Crippen LogP contribution in [0.4, 0.5) is 0 Å². The number of carboxylic acid groups (broad SMARTS) is 1. The average Bonchev–Trinajstić information content (AvgIpc) is 3.24. The maximum Gasteiger partial charge on any atom is 0.358 e. The monoisotopic (exact) mass is 342 g/mol. The molecule has 0 bridgehead atoms. The zero-order chi connectivity index (χ0) is 17.7. The highest BCUT2D eigenvalue weighted by Gasteiger charge is 2.34. The van der Waals surface area contributed by atoms with Crippen molar-refractivity contribution in [3.05, 3.63) is 47.8 Å². The standard InChI is InChI=1S/C18H22N4O3/c23-16(12-22-11-15(17(24)25)20-21-22)19-13-18(8-4-5-9-18)10-14-6-2-1-3-7-14/h1-3,6-7,11H,4-5,8-10,12-13H2,(H,19,23)(H,24,25). The van der Waals surface area contributed by atoms with Gasteiger partial charge in [-0.2, -0.15) is 0 Å². The highest BCUT2D eigenvalue weighted by Crippen LogP contribution is 2.40. The lowest BCUT2D eigenvalue weighted by Crippen LogP contribution is -2.39. The third-order valence-electron chi connectivity index (χ3n) is 4.81. The van der Waals surface area contributed by atoms with E-state index >= 15 is 0 Å². The minimum atomic E-state index is -1.15. The fraction of sp³-hybridized carbons (Fsp3) is 0.444. The van der Waals surface area contributed by atoms with Gasteiger partial charge >= 0.3 is 5.97 Å². The third kappa shape index (κ3) is 4.43. The number of carboxylic acids is 1. The quantitative estimate of drug-likeness (QED) is 0.801. The van der Waals surface area contributed by atoms with E-state index in [0.717, 1.165) is 19.3 Å². The number of carbonyl (C=O) groups is 2. The Balaban J connectivity index is 1.57. The molecular formula is C18H22N4O3. The summed E-state index contributed by atoms with van der Waals surface area (Å²) in [6.45, 7) is 0.600. The summed E-state index contributed by atoms with van der Waals surface area (Å²) in [5, 5.41) is 19.0. The van der Waals surface area contributed by atoms with Crippen LogP contribution in [0.5, 0.6) is 0 Å². The molecule has 1 fully saturated rings. The van der Waals surface area contributed by atoms with Crippen molar-refractivity contribution in [1.29, 1.82) is 0 Å². The number of nitrogens with one attached hydrogen (secondary N) is 1. The van der Waals surface area contributed by atoms with Crippen molar-refractivity contribution in [2.75, 3.05) is 6.54 Å². The zero-order valence-electron chi connectivity index (χ0n) is 14.0. The summed E-state index contributed by atoms with van der Waals surface area (Å²) in [6, 6.07) is 10.4. The molecule has 1 aromatic carbocycles. The van der Waals surface area contributed by atoms with Gasteiger partial charge in [-0.15, -0.1) is 5.10 Å². The fourth-order valence-electron chi connectivity index (χ4n) is 3.53. The number of benzene rings is 1. The molecule has 1 aromatic heterocycles. The van der Waals surface area contributed by atoms with Crippen LogP contribution >= 0.6 is 0 Å². The van der Waals surface area contributed by atoms with Crippen LogP contribution in [0.2, 0.25) is 0 Å². The van der Waals surface area contributed by atoms with Gasteiger partial charge in [0.05, 0.1) is 6.20 Å². The van der Waals surface area contributed by atoms with Crippen molar-refractivity contribution in [3.63, 3.8) is 0 Å². The Bertz CT molecular complexity index is 736. The smallest absolute Gasteiger partial charge is 0.358 e. The first-order chi connectivity index (χ1) is 12.1. The summed E-state index contributed by atoms with van der Waals surface area (Å²) in [6.07, 6.45) is 6.81. The summed E-state index contributed by atoms with van der Waals surface area (Å²) in [5.74, 6) is -1.33. The van der Waals surface area contributed by atoms with Crippen LogP contribution in [-0.2, 0) is 17.8 Å². The Morgan fingerprint density at radius 2 is 1.92 bits per heavy atom. The fourth-order valence-corrected chi connectivity index (χ4v) is 3.53. The summed E-state index contributed by atoms with van der Waals surface area (Å²) in [7, 11) is 0. The molecule has 2 aromatic rings. The molecule has 0 saturated heterocycles. The topological polar surface area (TPSA) is 97.1 Å². The average molecular weight is 342 g/mol. The van der Waals surface area contributed by atoms with E-state index in [1.807, 2.05) is 18.2 Å². The molecule has 1 amide bonds. The lowest BCUT2D eigenvalue weighted by atomic mass is 9.80. The van der Waals surface area contributed by atoms with Crippen LogP contribution in [-0.4, -0.2) is 38.5 Å². The van der Waals surface area contributed by atoms with Crippen LogP contribution in [0, 0.1) is 5.41 Å². The van der Waals surface area contributed by atoms with E-state index < -0.39 is 5.97 Å². The van der Waals surface area contributed by atoms with Gasteiger partial charge < -0.3 is 10.4 Å². The van der Waals surface area contributed by atoms with Crippen LogP contribution in [0.15, 0.2) is 36.5 Å². The van der Waals surface area contributed by atoms with Gasteiger partial charge in [0.2, 0.25) is 5.91 Å². The molecule has 0 radical (unpaired) electrons. The van der Waals surface area contributed by atoms with E-state index in [9.17, 15) is 9.59 Å². The molecule has 7 heteroatoms. The number of amides is 1. The molecule has 0 unspecified atom stereocenters. The van der Waals surface area contributed by atoms with Crippen molar-refractivity contribution in [2.45, 2.75) is 38.6 Å². The van der Waals surface area contributed by atoms with Gasteiger partial charge in [0.15, 0.2) is 5.69 Å². The number of hydrogen-bond acceptors (Lipinski definition) is 4. The molecule has 132 valence electrons. The SMILES string of the molecule is O=C(Cn1cc(C(=O)O)nn1)NCC1(Cc2ccccc2)CCCC1. The highest BCUT2D eigenvalue weighted by atomic mass is 16.4. The second-order valence-corrected chi connectivity index (χ2v) is 6.75. The molecule has 1 heterocycles. The normalized spacial score (nSPS) is 15.8. The van der Waals surface area contributed by atoms with Gasteiger partial charge in [0.25, 0.3) is 0 Å². The predicted octanol–water partition coefficient (Wildman–Crippen LogP) is 1.90. The molecule has 2 N–H and O–H groups in total. The van der Waals surface area contributed by atoms with Crippen LogP contribution in [0.25, 0.3) is 0 Å². The molecule has 1 saturated carbocycles. The molecule has 1 aliphatic carbocycles. The van der Waals surface area contributed by atoms with E-state index in [0.29, 0.717) is 6.54 Å². The minimum absolute atomic E-state index is 0.0261. The number of aromatic nitrogens is 3. The Labute approximate surface area is 146 Å². The van der Waals surface area contributed by atoms with Crippen molar-refractivity contribution in [3.8, 4) is 0 Å². The first-order valence-corrected chi connectivity index (χ1v) is 8.50. The Morgan fingerprint density at radius 3 is 2.56 bits per heavy atom. The third-order valence-corrected chi connectivity index (χ3v) is 4.81. The molecular weight excluding hydrogens is 320 g/mol. The van der Waals surface area contributed by atoms with Gasteiger partial charge in [0, 0.05) is 6.54 Å². The Morgan fingerprint density at radius 1 is 1.20 bits per heavy atom. The molecule has 25 heavy (non-hydrogen) atoms. The molecule has 0 atom stereocenters. The van der Waals surface area contributed by atoms with E-state index in [2.05, 4.69) is 27.8 Å². The van der Waals surface area contributed by atoms with E-state index in [1.165, 1.54) is 29.3 Å². The van der Waals surface area contributed by atoms with Crippen molar-refractivity contribution >= 4 is 11.9 Å². The van der Waals surface area contributed by atoms with E-state index in [-0.39, 0.29) is 23.6 Å². The molecule has 1 aliphatic rings. The van der Waals surface area contributed by atoms with Gasteiger partial charge in [-0.1, -0.05) is 48.4 Å². The van der Waals surface area contributed by atoms with E-state index in [1.54, 1.807) is 0 Å². The van der Waals surface area contributed by atoms with Crippen molar-refractivity contribution in [2.24, 2.45) is 5.41 Å². The van der Waals surface area contributed by atoms with Crippen LogP contribution in [0.3, 0.4) is 0 Å². The number of rotatable bonds is 7.